The van der Waals surface area contributed by atoms with Crippen LogP contribution in [0.25, 0.3) is 0 Å². The van der Waals surface area contributed by atoms with Gasteiger partial charge in [0.25, 0.3) is 0 Å². The number of hydrogen-bond donors (Lipinski definition) is 2. The lowest BCUT2D eigenvalue weighted by Crippen LogP contribution is -1.99. The Labute approximate surface area is 72.0 Å². The zero-order chi connectivity index (χ0) is 8.43. The standard InChI is InChI=1S/C7H7BrFNO/c8-5-1-4(3-10)7(9)6(11)2-5/h1-2,11H,3,10H2. The molecule has 0 unspecified atom stereocenters. The molecule has 11 heavy (non-hydrogen) atoms. The number of halogens is 2. The number of hydrogen-bond acceptors (Lipinski definition) is 2. The summed E-state index contributed by atoms with van der Waals surface area (Å²) in [6, 6.07) is 2.82. The molecule has 0 saturated carbocycles. The normalized spacial score (nSPS) is 10.1. The quantitative estimate of drug-likeness (QED) is 0.757. The molecular weight excluding hydrogens is 213 g/mol. The minimum Gasteiger partial charge on any atom is -0.505 e. The molecule has 1 rings (SSSR count). The lowest BCUT2D eigenvalue weighted by Gasteiger charge is -2.01. The number of aromatic hydroxyl groups is 1. The molecule has 0 fully saturated rings. The van der Waals surface area contributed by atoms with E-state index in [0.717, 1.165) is 0 Å². The molecule has 0 atom stereocenters. The van der Waals surface area contributed by atoms with Crippen molar-refractivity contribution < 1.29 is 9.50 Å². The SMILES string of the molecule is NCc1cc(Br)cc(O)c1F. The first kappa shape index (κ1) is 8.49. The lowest BCUT2D eigenvalue weighted by molar-refractivity contribution is 0.428. The topological polar surface area (TPSA) is 46.2 Å². The summed E-state index contributed by atoms with van der Waals surface area (Å²) in [6.45, 7) is 0.0822. The Morgan fingerprint density at radius 2 is 2.18 bits per heavy atom. The Bertz CT molecular complexity index is 277. The molecule has 0 saturated heterocycles. The van der Waals surface area contributed by atoms with E-state index in [-0.39, 0.29) is 12.3 Å². The number of phenolic OH excluding ortho intramolecular Hbond substituents is 1. The highest BCUT2D eigenvalue weighted by Crippen LogP contribution is 2.24. The Morgan fingerprint density at radius 3 is 2.73 bits per heavy atom. The number of nitrogens with two attached hydrogens (primary N) is 1. The molecule has 0 spiro atoms. The van der Waals surface area contributed by atoms with Crippen LogP contribution in [0.2, 0.25) is 0 Å². The van der Waals surface area contributed by atoms with Crippen molar-refractivity contribution in [2.75, 3.05) is 0 Å². The summed E-state index contributed by atoms with van der Waals surface area (Å²) in [5.74, 6) is -1.02. The maximum Gasteiger partial charge on any atom is 0.169 e. The number of phenols is 1. The van der Waals surface area contributed by atoms with Crippen LogP contribution in [0.4, 0.5) is 4.39 Å². The van der Waals surface area contributed by atoms with Gasteiger partial charge in [0.05, 0.1) is 0 Å². The Morgan fingerprint density at radius 1 is 1.55 bits per heavy atom. The third-order valence-electron chi connectivity index (χ3n) is 1.31. The molecule has 0 radical (unpaired) electrons. The van der Waals surface area contributed by atoms with Crippen LogP contribution in [0.1, 0.15) is 5.56 Å². The van der Waals surface area contributed by atoms with Gasteiger partial charge in [0.15, 0.2) is 11.6 Å². The summed E-state index contributed by atoms with van der Waals surface area (Å²) in [6.07, 6.45) is 0. The smallest absolute Gasteiger partial charge is 0.169 e. The van der Waals surface area contributed by atoms with Crippen LogP contribution in [0, 0.1) is 5.82 Å². The third kappa shape index (κ3) is 1.70. The Balaban J connectivity index is 3.24. The van der Waals surface area contributed by atoms with Gasteiger partial charge in [-0.15, -0.1) is 0 Å². The average Bonchev–Trinajstić information content (AvgIpc) is 1.96. The fraction of sp³-hybridized carbons (Fsp3) is 0.143. The molecule has 0 amide bonds. The van der Waals surface area contributed by atoms with Gasteiger partial charge in [-0.3, -0.25) is 0 Å². The van der Waals surface area contributed by atoms with Gasteiger partial charge in [-0.25, -0.2) is 4.39 Å². The van der Waals surface area contributed by atoms with Crippen LogP contribution >= 0.6 is 15.9 Å². The summed E-state index contributed by atoms with van der Waals surface area (Å²) in [4.78, 5) is 0. The van der Waals surface area contributed by atoms with Crippen molar-refractivity contribution in [3.8, 4) is 5.75 Å². The molecule has 60 valence electrons. The minimum atomic E-state index is -0.643. The third-order valence-corrected chi connectivity index (χ3v) is 1.77. The van der Waals surface area contributed by atoms with Gasteiger partial charge >= 0.3 is 0 Å². The molecule has 1 aromatic rings. The maximum absolute atomic E-state index is 12.8. The summed E-state index contributed by atoms with van der Waals surface area (Å²) < 4.78 is 13.5. The van der Waals surface area contributed by atoms with E-state index in [1.165, 1.54) is 12.1 Å². The van der Waals surface area contributed by atoms with Crippen molar-refractivity contribution in [3.05, 3.63) is 28.0 Å². The Kier molecular flexibility index (Phi) is 2.46. The van der Waals surface area contributed by atoms with E-state index >= 15 is 0 Å². The van der Waals surface area contributed by atoms with Crippen molar-refractivity contribution >= 4 is 15.9 Å². The minimum absolute atomic E-state index is 0.0822. The molecule has 0 aliphatic heterocycles. The van der Waals surface area contributed by atoms with Gasteiger partial charge < -0.3 is 10.8 Å². The van der Waals surface area contributed by atoms with E-state index in [1.54, 1.807) is 0 Å². The number of benzene rings is 1. The predicted octanol–water partition coefficient (Wildman–Crippen LogP) is 1.75. The van der Waals surface area contributed by atoms with Crippen LogP contribution in [-0.2, 0) is 6.54 Å². The molecule has 3 N–H and O–H groups in total. The Hall–Kier alpha value is -0.610. The van der Waals surface area contributed by atoms with E-state index < -0.39 is 5.82 Å². The van der Waals surface area contributed by atoms with E-state index in [2.05, 4.69) is 15.9 Å². The van der Waals surface area contributed by atoms with E-state index in [1.807, 2.05) is 0 Å². The molecule has 0 aliphatic rings. The van der Waals surface area contributed by atoms with Crippen LogP contribution < -0.4 is 5.73 Å². The molecule has 0 aliphatic carbocycles. The highest BCUT2D eigenvalue weighted by atomic mass is 79.9. The first-order valence-electron chi connectivity index (χ1n) is 3.02. The number of rotatable bonds is 1. The van der Waals surface area contributed by atoms with Crippen LogP contribution in [0.15, 0.2) is 16.6 Å². The first-order chi connectivity index (χ1) is 5.15. The van der Waals surface area contributed by atoms with Crippen molar-refractivity contribution in [1.82, 2.24) is 0 Å². The van der Waals surface area contributed by atoms with Crippen LogP contribution in [0.5, 0.6) is 5.75 Å². The fourth-order valence-electron chi connectivity index (χ4n) is 0.778. The largest absolute Gasteiger partial charge is 0.505 e. The lowest BCUT2D eigenvalue weighted by atomic mass is 10.2. The van der Waals surface area contributed by atoms with E-state index in [0.29, 0.717) is 10.0 Å². The van der Waals surface area contributed by atoms with Gasteiger partial charge in [-0.2, -0.15) is 0 Å². The van der Waals surface area contributed by atoms with Crippen molar-refractivity contribution in [2.45, 2.75) is 6.54 Å². The van der Waals surface area contributed by atoms with Crippen molar-refractivity contribution in [1.29, 1.82) is 0 Å². The predicted molar refractivity (Wildman–Crippen MR) is 43.7 cm³/mol. The molecule has 0 bridgehead atoms. The zero-order valence-corrected chi connectivity index (χ0v) is 7.23. The monoisotopic (exact) mass is 219 g/mol. The molecule has 0 heterocycles. The molecule has 4 heteroatoms. The second-order valence-electron chi connectivity index (χ2n) is 2.10. The van der Waals surface area contributed by atoms with Gasteiger partial charge in [0.2, 0.25) is 0 Å². The molecule has 0 aromatic heterocycles. The highest BCUT2D eigenvalue weighted by molar-refractivity contribution is 9.10. The zero-order valence-electron chi connectivity index (χ0n) is 5.64. The molecular formula is C7H7BrFNO. The summed E-state index contributed by atoms with van der Waals surface area (Å²) in [7, 11) is 0. The van der Waals surface area contributed by atoms with E-state index in [4.69, 9.17) is 10.8 Å². The van der Waals surface area contributed by atoms with Crippen LogP contribution in [-0.4, -0.2) is 5.11 Å². The fourth-order valence-corrected chi connectivity index (χ4v) is 1.27. The summed E-state index contributed by atoms with van der Waals surface area (Å²) in [5.41, 5.74) is 5.52. The highest BCUT2D eigenvalue weighted by Gasteiger charge is 2.06. The molecule has 1 aromatic carbocycles. The maximum atomic E-state index is 12.8. The van der Waals surface area contributed by atoms with Gasteiger partial charge in [-0.05, 0) is 12.1 Å². The van der Waals surface area contributed by atoms with E-state index in [9.17, 15) is 4.39 Å². The summed E-state index contributed by atoms with van der Waals surface area (Å²) >= 11 is 3.11. The van der Waals surface area contributed by atoms with Crippen molar-refractivity contribution in [2.24, 2.45) is 5.73 Å². The van der Waals surface area contributed by atoms with Gasteiger partial charge in [-0.1, -0.05) is 15.9 Å². The second-order valence-corrected chi connectivity index (χ2v) is 3.02. The van der Waals surface area contributed by atoms with Crippen LogP contribution in [0.3, 0.4) is 0 Å². The second kappa shape index (κ2) is 3.19. The van der Waals surface area contributed by atoms with Gasteiger partial charge in [0.1, 0.15) is 0 Å². The molecule has 2 nitrogen and oxygen atoms in total. The average molecular weight is 220 g/mol. The summed E-state index contributed by atoms with van der Waals surface area (Å²) in [5, 5.41) is 8.95. The van der Waals surface area contributed by atoms with Gasteiger partial charge in [0, 0.05) is 16.6 Å². The van der Waals surface area contributed by atoms with Crippen molar-refractivity contribution in [3.63, 3.8) is 0 Å². The first-order valence-corrected chi connectivity index (χ1v) is 3.81.